The summed E-state index contributed by atoms with van der Waals surface area (Å²) in [7, 11) is 2.09. The summed E-state index contributed by atoms with van der Waals surface area (Å²) < 4.78 is 0. The number of nitrogens with zero attached hydrogens (tertiary/aromatic N) is 2. The van der Waals surface area contributed by atoms with Gasteiger partial charge < -0.3 is 5.11 Å². The van der Waals surface area contributed by atoms with E-state index < -0.39 is 0 Å². The van der Waals surface area contributed by atoms with Crippen LogP contribution in [0.25, 0.3) is 0 Å². The van der Waals surface area contributed by atoms with Crippen LogP contribution in [0, 0.1) is 0 Å². The molecule has 0 radical (unpaired) electrons. The molecule has 1 saturated heterocycles. The van der Waals surface area contributed by atoms with Gasteiger partial charge >= 0.3 is 0 Å². The van der Waals surface area contributed by atoms with Crippen molar-refractivity contribution in [2.24, 2.45) is 0 Å². The monoisotopic (exact) mass is 200 g/mol. The molecule has 3 atom stereocenters. The average Bonchev–Trinajstić information content (AvgIpc) is 2.25. The Kier molecular flexibility index (Phi) is 4.35. The van der Waals surface area contributed by atoms with Gasteiger partial charge in [-0.2, -0.15) is 0 Å². The van der Waals surface area contributed by atoms with E-state index in [4.69, 9.17) is 0 Å². The smallest absolute Gasteiger partial charge is 0.0793 e. The first kappa shape index (κ1) is 12.0. The number of hydrogen-bond donors (Lipinski definition) is 1. The SMILES string of the molecule is CCC(C)N1CC(O)CN(C)C(C)C1. The van der Waals surface area contributed by atoms with Gasteiger partial charge in [0, 0.05) is 31.7 Å². The van der Waals surface area contributed by atoms with Crippen LogP contribution in [-0.4, -0.2) is 59.8 Å². The summed E-state index contributed by atoms with van der Waals surface area (Å²) in [4.78, 5) is 4.64. The highest BCUT2D eigenvalue weighted by atomic mass is 16.3. The lowest BCUT2D eigenvalue weighted by Gasteiger charge is -2.30. The van der Waals surface area contributed by atoms with Crippen LogP contribution in [0.15, 0.2) is 0 Å². The molecule has 0 aromatic rings. The molecule has 0 amide bonds. The van der Waals surface area contributed by atoms with Gasteiger partial charge in [0.1, 0.15) is 0 Å². The van der Waals surface area contributed by atoms with E-state index in [0.717, 1.165) is 26.1 Å². The molecule has 3 unspecified atom stereocenters. The molecule has 1 aliphatic heterocycles. The third-order valence-corrected chi connectivity index (χ3v) is 3.41. The van der Waals surface area contributed by atoms with Gasteiger partial charge in [0.2, 0.25) is 0 Å². The fourth-order valence-corrected chi connectivity index (χ4v) is 2.01. The van der Waals surface area contributed by atoms with Gasteiger partial charge in [0.25, 0.3) is 0 Å². The minimum atomic E-state index is -0.195. The maximum absolute atomic E-state index is 9.81. The Morgan fingerprint density at radius 3 is 2.57 bits per heavy atom. The number of aliphatic hydroxyl groups excluding tert-OH is 1. The second-order valence-electron chi connectivity index (χ2n) is 4.65. The second kappa shape index (κ2) is 5.10. The zero-order valence-electron chi connectivity index (χ0n) is 9.90. The fourth-order valence-electron chi connectivity index (χ4n) is 2.01. The van der Waals surface area contributed by atoms with Crippen molar-refractivity contribution >= 4 is 0 Å². The zero-order valence-corrected chi connectivity index (χ0v) is 9.90. The number of likely N-dealkylation sites (N-methyl/N-ethyl adjacent to an activating group) is 1. The molecule has 1 fully saturated rings. The summed E-state index contributed by atoms with van der Waals surface area (Å²) in [5, 5.41) is 9.81. The van der Waals surface area contributed by atoms with Crippen molar-refractivity contribution in [1.82, 2.24) is 9.80 Å². The standard InChI is InChI=1S/C11H24N2O/c1-5-9(2)13-6-10(3)12(4)7-11(14)8-13/h9-11,14H,5-8H2,1-4H3. The summed E-state index contributed by atoms with van der Waals surface area (Å²) in [5.41, 5.74) is 0. The molecule has 84 valence electrons. The predicted octanol–water partition coefficient (Wildman–Crippen LogP) is 0.782. The Labute approximate surface area is 87.7 Å². The van der Waals surface area contributed by atoms with Crippen molar-refractivity contribution in [2.75, 3.05) is 26.7 Å². The lowest BCUT2D eigenvalue weighted by Crippen LogP contribution is -2.41. The molecule has 3 nitrogen and oxygen atoms in total. The topological polar surface area (TPSA) is 26.7 Å². The molecule has 0 bridgehead atoms. The van der Waals surface area contributed by atoms with Gasteiger partial charge in [-0.15, -0.1) is 0 Å². The Balaban J connectivity index is 2.60. The molecule has 1 N–H and O–H groups in total. The van der Waals surface area contributed by atoms with E-state index in [2.05, 4.69) is 37.6 Å². The number of hydrogen-bond acceptors (Lipinski definition) is 3. The Morgan fingerprint density at radius 2 is 2.00 bits per heavy atom. The molecule has 0 aromatic heterocycles. The van der Waals surface area contributed by atoms with Crippen LogP contribution in [0.2, 0.25) is 0 Å². The van der Waals surface area contributed by atoms with Gasteiger partial charge in [-0.25, -0.2) is 0 Å². The third-order valence-electron chi connectivity index (χ3n) is 3.41. The second-order valence-corrected chi connectivity index (χ2v) is 4.65. The summed E-state index contributed by atoms with van der Waals surface area (Å²) >= 11 is 0. The highest BCUT2D eigenvalue weighted by Gasteiger charge is 2.25. The number of rotatable bonds is 2. The molecule has 14 heavy (non-hydrogen) atoms. The number of aliphatic hydroxyl groups is 1. The first-order chi connectivity index (χ1) is 6.54. The van der Waals surface area contributed by atoms with Crippen LogP contribution in [-0.2, 0) is 0 Å². The molecule has 1 rings (SSSR count). The normalized spacial score (nSPS) is 34.1. The predicted molar refractivity (Wildman–Crippen MR) is 59.4 cm³/mol. The van der Waals surface area contributed by atoms with Crippen LogP contribution in [0.3, 0.4) is 0 Å². The minimum Gasteiger partial charge on any atom is -0.390 e. The maximum Gasteiger partial charge on any atom is 0.0793 e. The molecule has 0 aliphatic carbocycles. The Hall–Kier alpha value is -0.120. The van der Waals surface area contributed by atoms with E-state index in [1.54, 1.807) is 0 Å². The lowest BCUT2D eigenvalue weighted by molar-refractivity contribution is 0.100. The average molecular weight is 200 g/mol. The van der Waals surface area contributed by atoms with Crippen LogP contribution in [0.5, 0.6) is 0 Å². The molecule has 1 aliphatic rings. The van der Waals surface area contributed by atoms with Crippen molar-refractivity contribution in [1.29, 1.82) is 0 Å². The fraction of sp³-hybridized carbons (Fsp3) is 1.00. The van der Waals surface area contributed by atoms with Gasteiger partial charge in [0.15, 0.2) is 0 Å². The van der Waals surface area contributed by atoms with Crippen LogP contribution >= 0.6 is 0 Å². The molecule has 0 spiro atoms. The first-order valence-corrected chi connectivity index (χ1v) is 5.67. The van der Waals surface area contributed by atoms with Crippen molar-refractivity contribution < 1.29 is 5.11 Å². The summed E-state index contributed by atoms with van der Waals surface area (Å²) in [5.74, 6) is 0. The maximum atomic E-state index is 9.81. The molecule has 1 heterocycles. The Bertz CT molecular complexity index is 175. The lowest BCUT2D eigenvalue weighted by atomic mass is 10.2. The molecule has 3 heteroatoms. The van der Waals surface area contributed by atoms with Crippen LogP contribution in [0.4, 0.5) is 0 Å². The molecular weight excluding hydrogens is 176 g/mol. The molecule has 0 saturated carbocycles. The van der Waals surface area contributed by atoms with E-state index in [-0.39, 0.29) is 6.10 Å². The molecular formula is C11H24N2O. The van der Waals surface area contributed by atoms with Crippen molar-refractivity contribution in [3.63, 3.8) is 0 Å². The van der Waals surface area contributed by atoms with E-state index in [9.17, 15) is 5.11 Å². The van der Waals surface area contributed by atoms with Gasteiger partial charge in [0.05, 0.1) is 6.10 Å². The highest BCUT2D eigenvalue weighted by Crippen LogP contribution is 2.12. The minimum absolute atomic E-state index is 0.195. The van der Waals surface area contributed by atoms with Gasteiger partial charge in [-0.05, 0) is 27.3 Å². The summed E-state index contributed by atoms with van der Waals surface area (Å²) in [6, 6.07) is 1.12. The highest BCUT2D eigenvalue weighted by molar-refractivity contribution is 4.81. The van der Waals surface area contributed by atoms with E-state index in [1.165, 1.54) is 0 Å². The van der Waals surface area contributed by atoms with Crippen molar-refractivity contribution in [3.05, 3.63) is 0 Å². The zero-order chi connectivity index (χ0) is 10.7. The van der Waals surface area contributed by atoms with Crippen LogP contribution in [0.1, 0.15) is 27.2 Å². The van der Waals surface area contributed by atoms with E-state index >= 15 is 0 Å². The summed E-state index contributed by atoms with van der Waals surface area (Å²) in [6.07, 6.45) is 0.960. The van der Waals surface area contributed by atoms with Gasteiger partial charge in [-0.3, -0.25) is 9.80 Å². The first-order valence-electron chi connectivity index (χ1n) is 5.67. The largest absolute Gasteiger partial charge is 0.390 e. The Morgan fingerprint density at radius 1 is 1.36 bits per heavy atom. The van der Waals surface area contributed by atoms with Crippen molar-refractivity contribution in [2.45, 2.75) is 45.4 Å². The van der Waals surface area contributed by atoms with Crippen LogP contribution < -0.4 is 0 Å². The quantitative estimate of drug-likeness (QED) is 0.713. The summed E-state index contributed by atoms with van der Waals surface area (Å²) in [6.45, 7) is 9.37. The van der Waals surface area contributed by atoms with E-state index in [1.807, 2.05) is 0 Å². The molecule has 0 aromatic carbocycles. The van der Waals surface area contributed by atoms with Crippen molar-refractivity contribution in [3.8, 4) is 0 Å². The number of β-amino-alcohol motifs (C(OH)–C–C–N with tert-alkyl or cyclic N) is 1. The van der Waals surface area contributed by atoms with Gasteiger partial charge in [-0.1, -0.05) is 6.92 Å². The van der Waals surface area contributed by atoms with E-state index in [0.29, 0.717) is 12.1 Å². The third kappa shape index (κ3) is 2.94.